The highest BCUT2D eigenvalue weighted by atomic mass is 16.1. The maximum absolute atomic E-state index is 13.3. The molecule has 0 amide bonds. The first kappa shape index (κ1) is 16.6. The van der Waals surface area contributed by atoms with Crippen LogP contribution in [0.1, 0.15) is 50.6 Å². The smallest absolute Gasteiger partial charge is 0.189 e. The normalized spacial score (nSPS) is 25.1. The van der Waals surface area contributed by atoms with E-state index in [1.165, 1.54) is 5.57 Å². The molecule has 1 aliphatic heterocycles. The number of carbonyl (C=O) groups excluding carboxylic acids is 2. The lowest BCUT2D eigenvalue weighted by molar-refractivity contribution is 0.0923. The molecule has 0 radical (unpaired) electrons. The van der Waals surface area contributed by atoms with Crippen molar-refractivity contribution >= 4 is 11.6 Å². The van der Waals surface area contributed by atoms with E-state index in [0.29, 0.717) is 0 Å². The van der Waals surface area contributed by atoms with E-state index in [-0.39, 0.29) is 23.4 Å². The van der Waals surface area contributed by atoms with Crippen molar-refractivity contribution in [2.45, 2.75) is 25.2 Å². The van der Waals surface area contributed by atoms with Gasteiger partial charge >= 0.3 is 0 Å². The number of rotatable bonds is 1. The molecule has 0 saturated carbocycles. The fraction of sp³-hybridized carbons (Fsp3) is 0.333. The number of ketones is 2. The van der Waals surface area contributed by atoms with Crippen LogP contribution in [0.3, 0.4) is 0 Å². The summed E-state index contributed by atoms with van der Waals surface area (Å²) in [7, 11) is 2.13. The number of fused-ring (bicyclic) bond motifs is 2. The van der Waals surface area contributed by atoms with Gasteiger partial charge in [0.25, 0.3) is 0 Å². The highest BCUT2D eigenvalue weighted by Crippen LogP contribution is 2.49. The molecule has 3 aliphatic rings. The van der Waals surface area contributed by atoms with Crippen LogP contribution < -0.4 is 0 Å². The minimum Gasteiger partial charge on any atom is -0.306 e. The summed E-state index contributed by atoms with van der Waals surface area (Å²) >= 11 is 0. The largest absolute Gasteiger partial charge is 0.306 e. The second kappa shape index (κ2) is 6.28. The van der Waals surface area contributed by atoms with Gasteiger partial charge in [0.2, 0.25) is 0 Å². The summed E-state index contributed by atoms with van der Waals surface area (Å²) in [5, 5.41) is 0. The third-order valence-corrected chi connectivity index (χ3v) is 6.53. The molecule has 2 atom stereocenters. The number of nitrogens with zero attached hydrogens (tertiary/aromatic N) is 1. The number of hydrogen-bond donors (Lipinski definition) is 0. The lowest BCUT2D eigenvalue weighted by Crippen LogP contribution is -2.29. The second-order valence-corrected chi connectivity index (χ2v) is 8.05. The van der Waals surface area contributed by atoms with Crippen LogP contribution in [0.25, 0.3) is 0 Å². The first-order valence-corrected chi connectivity index (χ1v) is 9.81. The molecule has 0 N–H and O–H groups in total. The molecule has 2 aromatic rings. The van der Waals surface area contributed by atoms with Crippen LogP contribution >= 0.6 is 0 Å². The summed E-state index contributed by atoms with van der Waals surface area (Å²) in [5.74, 6) is 0.106. The zero-order valence-electron chi connectivity index (χ0n) is 15.6. The van der Waals surface area contributed by atoms with Crippen molar-refractivity contribution in [2.75, 3.05) is 20.1 Å². The molecule has 2 aromatic carbocycles. The average molecular weight is 357 g/mol. The van der Waals surface area contributed by atoms with Gasteiger partial charge in [-0.2, -0.15) is 0 Å². The van der Waals surface area contributed by atoms with Crippen molar-refractivity contribution in [1.82, 2.24) is 4.90 Å². The number of allylic oxidation sites excluding steroid dienone is 1. The SMILES string of the molecule is CN1CCC(=C2C(=O)c3ccccc3C2C2Cc3ccccc3C2=O)CC1. The van der Waals surface area contributed by atoms with Gasteiger partial charge in [-0.3, -0.25) is 9.59 Å². The Kier molecular flexibility index (Phi) is 3.87. The highest BCUT2D eigenvalue weighted by Gasteiger charge is 2.46. The van der Waals surface area contributed by atoms with Crippen molar-refractivity contribution in [2.24, 2.45) is 5.92 Å². The summed E-state index contributed by atoms with van der Waals surface area (Å²) in [6, 6.07) is 15.8. The van der Waals surface area contributed by atoms with E-state index in [1.807, 2.05) is 36.4 Å². The van der Waals surface area contributed by atoms with E-state index < -0.39 is 0 Å². The standard InChI is InChI=1S/C24H23NO2/c1-25-12-10-15(11-13-25)21-22(18-8-4-5-9-19(18)24(21)27)20-14-16-6-2-3-7-17(16)23(20)26/h2-9,20,22H,10-14H2,1H3. The number of likely N-dealkylation sites (tertiary alicyclic amines) is 1. The molecule has 0 aromatic heterocycles. The molecule has 0 spiro atoms. The Morgan fingerprint density at radius 2 is 1.56 bits per heavy atom. The fourth-order valence-corrected chi connectivity index (χ4v) is 5.11. The molecule has 136 valence electrons. The van der Waals surface area contributed by atoms with Crippen LogP contribution in [0.4, 0.5) is 0 Å². The Labute approximate surface area is 159 Å². The van der Waals surface area contributed by atoms with Crippen molar-refractivity contribution in [3.05, 3.63) is 81.9 Å². The molecule has 3 heteroatoms. The quantitative estimate of drug-likeness (QED) is 0.723. The van der Waals surface area contributed by atoms with Gasteiger partial charge in [-0.05, 0) is 37.4 Å². The molecule has 0 bridgehead atoms. The van der Waals surface area contributed by atoms with Gasteiger partial charge < -0.3 is 4.90 Å². The molecular weight excluding hydrogens is 334 g/mol. The maximum atomic E-state index is 13.3. The van der Waals surface area contributed by atoms with Gasteiger partial charge in [0.05, 0.1) is 0 Å². The summed E-state index contributed by atoms with van der Waals surface area (Å²) in [5.41, 5.74) is 6.00. The molecule has 1 saturated heterocycles. The molecule has 1 heterocycles. The van der Waals surface area contributed by atoms with Crippen molar-refractivity contribution in [3.8, 4) is 0 Å². The fourth-order valence-electron chi connectivity index (χ4n) is 5.11. The topological polar surface area (TPSA) is 37.4 Å². The number of benzene rings is 2. The van der Waals surface area contributed by atoms with Crippen LogP contribution in [-0.4, -0.2) is 36.6 Å². The van der Waals surface area contributed by atoms with Crippen LogP contribution in [0.2, 0.25) is 0 Å². The van der Waals surface area contributed by atoms with E-state index in [0.717, 1.165) is 60.2 Å². The summed E-state index contributed by atoms with van der Waals surface area (Å²) in [6.07, 6.45) is 2.59. The van der Waals surface area contributed by atoms with Gasteiger partial charge in [0, 0.05) is 41.6 Å². The minimum absolute atomic E-state index is 0.0907. The first-order chi connectivity index (χ1) is 13.1. The van der Waals surface area contributed by atoms with Gasteiger partial charge in [0.1, 0.15) is 0 Å². The van der Waals surface area contributed by atoms with Crippen LogP contribution in [0.5, 0.6) is 0 Å². The maximum Gasteiger partial charge on any atom is 0.189 e. The predicted octanol–water partition coefficient (Wildman–Crippen LogP) is 4.04. The Balaban J connectivity index is 1.63. The van der Waals surface area contributed by atoms with Gasteiger partial charge in [0.15, 0.2) is 11.6 Å². The average Bonchev–Trinajstić information content (AvgIpc) is 3.18. The van der Waals surface area contributed by atoms with Crippen LogP contribution in [0.15, 0.2) is 59.7 Å². The second-order valence-electron chi connectivity index (χ2n) is 8.05. The van der Waals surface area contributed by atoms with E-state index in [9.17, 15) is 9.59 Å². The van der Waals surface area contributed by atoms with Gasteiger partial charge in [-0.25, -0.2) is 0 Å². The molecule has 27 heavy (non-hydrogen) atoms. The third kappa shape index (κ3) is 2.53. The van der Waals surface area contributed by atoms with E-state index in [1.54, 1.807) is 0 Å². The molecular formula is C24H23NO2. The zero-order chi connectivity index (χ0) is 18.5. The van der Waals surface area contributed by atoms with E-state index in [4.69, 9.17) is 0 Å². The monoisotopic (exact) mass is 357 g/mol. The Hall–Kier alpha value is -2.52. The zero-order valence-corrected chi connectivity index (χ0v) is 15.6. The van der Waals surface area contributed by atoms with Crippen molar-refractivity contribution in [1.29, 1.82) is 0 Å². The molecule has 5 rings (SSSR count). The Morgan fingerprint density at radius 3 is 2.30 bits per heavy atom. The Morgan fingerprint density at radius 1 is 0.889 bits per heavy atom. The molecule has 2 unspecified atom stereocenters. The molecule has 1 fully saturated rings. The predicted molar refractivity (Wildman–Crippen MR) is 105 cm³/mol. The summed E-state index contributed by atoms with van der Waals surface area (Å²) in [6.45, 7) is 1.96. The van der Waals surface area contributed by atoms with Crippen molar-refractivity contribution < 1.29 is 9.59 Å². The van der Waals surface area contributed by atoms with Crippen molar-refractivity contribution in [3.63, 3.8) is 0 Å². The van der Waals surface area contributed by atoms with Gasteiger partial charge in [-0.1, -0.05) is 54.1 Å². The Bertz CT molecular complexity index is 977. The van der Waals surface area contributed by atoms with E-state index >= 15 is 0 Å². The lowest BCUT2D eigenvalue weighted by atomic mass is 9.79. The molecule has 2 aliphatic carbocycles. The number of hydrogen-bond acceptors (Lipinski definition) is 3. The van der Waals surface area contributed by atoms with E-state index in [2.05, 4.69) is 24.1 Å². The number of carbonyl (C=O) groups is 2. The van der Waals surface area contributed by atoms with Crippen LogP contribution in [-0.2, 0) is 6.42 Å². The lowest BCUT2D eigenvalue weighted by Gasteiger charge is -2.28. The third-order valence-electron chi connectivity index (χ3n) is 6.53. The summed E-state index contributed by atoms with van der Waals surface area (Å²) < 4.78 is 0. The number of Topliss-reactive ketones (excluding diaryl/α,β-unsaturated/α-hetero) is 2. The number of piperidine rings is 1. The minimum atomic E-state index is -0.155. The molecule has 3 nitrogen and oxygen atoms in total. The van der Waals surface area contributed by atoms with Gasteiger partial charge in [-0.15, -0.1) is 0 Å². The summed E-state index contributed by atoms with van der Waals surface area (Å²) in [4.78, 5) is 28.9. The van der Waals surface area contributed by atoms with Crippen LogP contribution in [0, 0.1) is 5.92 Å². The first-order valence-electron chi connectivity index (χ1n) is 9.81. The highest BCUT2D eigenvalue weighted by molar-refractivity contribution is 6.16.